The van der Waals surface area contributed by atoms with E-state index in [1.165, 1.54) is 121 Å². The zero-order valence-corrected chi connectivity index (χ0v) is 36.1. The molecule has 0 N–H and O–H groups in total. The Labute approximate surface area is 383 Å². The van der Waals surface area contributed by atoms with Crippen molar-refractivity contribution in [1.82, 2.24) is 9.13 Å². The highest BCUT2D eigenvalue weighted by Crippen LogP contribution is 2.38. The molecule has 0 saturated heterocycles. The number of aromatic nitrogens is 2. The molecule has 13 rings (SSSR count). The molecule has 0 spiro atoms. The first-order valence-corrected chi connectivity index (χ1v) is 22.7. The van der Waals surface area contributed by atoms with Crippen LogP contribution in [0.15, 0.2) is 255 Å². The van der Waals surface area contributed by atoms with E-state index < -0.39 is 0 Å². The Morgan fingerprint density at radius 2 is 0.515 bits per heavy atom. The largest absolute Gasteiger partial charge is 0.309 e. The third-order valence-corrected chi connectivity index (χ3v) is 13.6. The minimum absolute atomic E-state index is 1.18. The standard InChI is InChI=1S/C64H42N2/c1-2-12-55(13-3-1)65-61-16-8-6-14-57(61)59-41-53(35-38-63(59)65)50-30-26-48(27-31-50)46-22-18-44(19-23-46)45-20-24-47(25-21-45)49-28-32-51(33-29-49)54-36-39-64-60(42-54)58-15-7-9-17-62(58)66(64)56-37-34-43-10-4-5-11-52(43)40-56/h1-42H. The monoisotopic (exact) mass is 838 g/mol. The molecule has 11 aromatic carbocycles. The maximum absolute atomic E-state index is 2.40. The van der Waals surface area contributed by atoms with Crippen LogP contribution in [0.5, 0.6) is 0 Å². The Morgan fingerprint density at radius 1 is 0.182 bits per heavy atom. The minimum Gasteiger partial charge on any atom is -0.309 e. The fourth-order valence-electron chi connectivity index (χ4n) is 10.2. The summed E-state index contributed by atoms with van der Waals surface area (Å²) >= 11 is 0. The maximum Gasteiger partial charge on any atom is 0.0541 e. The highest BCUT2D eigenvalue weighted by Gasteiger charge is 2.15. The van der Waals surface area contributed by atoms with Crippen LogP contribution in [0.2, 0.25) is 0 Å². The van der Waals surface area contributed by atoms with Gasteiger partial charge in [0.15, 0.2) is 0 Å². The molecule has 0 amide bonds. The molecule has 13 aromatic rings. The molecule has 2 heterocycles. The topological polar surface area (TPSA) is 9.86 Å². The molecule has 2 heteroatoms. The molecule has 0 radical (unpaired) electrons. The van der Waals surface area contributed by atoms with Gasteiger partial charge in [-0.05, 0) is 127 Å². The summed E-state index contributed by atoms with van der Waals surface area (Å²) in [5, 5.41) is 7.55. The van der Waals surface area contributed by atoms with Crippen LogP contribution < -0.4 is 0 Å². The van der Waals surface area contributed by atoms with Crippen LogP contribution in [0.1, 0.15) is 0 Å². The summed E-state index contributed by atoms with van der Waals surface area (Å²) < 4.78 is 4.76. The summed E-state index contributed by atoms with van der Waals surface area (Å²) in [7, 11) is 0. The van der Waals surface area contributed by atoms with Crippen molar-refractivity contribution in [2.24, 2.45) is 0 Å². The van der Waals surface area contributed by atoms with Crippen molar-refractivity contribution in [3.8, 4) is 67.0 Å². The third kappa shape index (κ3) is 6.42. The van der Waals surface area contributed by atoms with Crippen LogP contribution >= 0.6 is 0 Å². The predicted octanol–water partition coefficient (Wildman–Crippen LogP) is 17.4. The van der Waals surface area contributed by atoms with Crippen LogP contribution in [-0.2, 0) is 0 Å². The van der Waals surface area contributed by atoms with Crippen molar-refractivity contribution in [3.63, 3.8) is 0 Å². The van der Waals surface area contributed by atoms with Gasteiger partial charge in [0.1, 0.15) is 0 Å². The van der Waals surface area contributed by atoms with Crippen LogP contribution in [0.4, 0.5) is 0 Å². The van der Waals surface area contributed by atoms with Crippen molar-refractivity contribution < 1.29 is 0 Å². The van der Waals surface area contributed by atoms with E-state index in [0.717, 1.165) is 0 Å². The fraction of sp³-hybridized carbons (Fsp3) is 0. The van der Waals surface area contributed by atoms with Gasteiger partial charge in [-0.15, -0.1) is 0 Å². The lowest BCUT2D eigenvalue weighted by molar-refractivity contribution is 1.18. The van der Waals surface area contributed by atoms with Crippen LogP contribution in [0.3, 0.4) is 0 Å². The Kier molecular flexibility index (Phi) is 8.89. The van der Waals surface area contributed by atoms with Crippen LogP contribution in [0.25, 0.3) is 121 Å². The Morgan fingerprint density at radius 3 is 0.970 bits per heavy atom. The molecule has 0 aliphatic heterocycles. The van der Waals surface area contributed by atoms with Crippen molar-refractivity contribution in [2.45, 2.75) is 0 Å². The smallest absolute Gasteiger partial charge is 0.0541 e. The number of nitrogens with zero attached hydrogens (tertiary/aromatic N) is 2. The summed E-state index contributed by atoms with van der Waals surface area (Å²) in [5.74, 6) is 0. The second-order valence-corrected chi connectivity index (χ2v) is 17.3. The van der Waals surface area contributed by atoms with E-state index in [9.17, 15) is 0 Å². The predicted molar refractivity (Wildman–Crippen MR) is 280 cm³/mol. The SMILES string of the molecule is c1ccc(-n2c3ccccc3c3cc(-c4ccc(-c5ccc(-c6ccc(-c7ccc(-c8ccc9c(c8)c8ccccc8n9-c8ccc9ccccc9c8)cc7)cc6)cc5)cc4)ccc32)cc1. The lowest BCUT2D eigenvalue weighted by Crippen LogP contribution is -1.93. The Balaban J connectivity index is 0.722. The van der Waals surface area contributed by atoms with E-state index in [0.29, 0.717) is 0 Å². The number of fused-ring (bicyclic) bond motifs is 7. The Bertz CT molecular complexity index is 3930. The number of hydrogen-bond donors (Lipinski definition) is 0. The molecular formula is C64H42N2. The number of hydrogen-bond acceptors (Lipinski definition) is 0. The van der Waals surface area contributed by atoms with E-state index in [2.05, 4.69) is 264 Å². The van der Waals surface area contributed by atoms with E-state index in [-0.39, 0.29) is 0 Å². The van der Waals surface area contributed by atoms with E-state index in [1.54, 1.807) is 0 Å². The number of para-hydroxylation sites is 3. The molecule has 2 aromatic heterocycles. The van der Waals surface area contributed by atoms with Crippen LogP contribution in [-0.4, -0.2) is 9.13 Å². The van der Waals surface area contributed by atoms with Gasteiger partial charge in [0.2, 0.25) is 0 Å². The van der Waals surface area contributed by atoms with Crippen molar-refractivity contribution >= 4 is 54.4 Å². The molecule has 308 valence electrons. The molecular weight excluding hydrogens is 797 g/mol. The molecule has 66 heavy (non-hydrogen) atoms. The summed E-state index contributed by atoms with van der Waals surface area (Å²) in [4.78, 5) is 0. The molecule has 0 bridgehead atoms. The maximum atomic E-state index is 2.40. The first kappa shape index (κ1) is 37.8. The third-order valence-electron chi connectivity index (χ3n) is 13.6. The molecule has 0 fully saturated rings. The molecule has 0 unspecified atom stereocenters. The van der Waals surface area contributed by atoms with Crippen molar-refractivity contribution in [1.29, 1.82) is 0 Å². The van der Waals surface area contributed by atoms with Crippen LogP contribution in [0, 0.1) is 0 Å². The molecule has 0 aliphatic rings. The summed E-state index contributed by atoms with van der Waals surface area (Å²) in [6.45, 7) is 0. The number of rotatable bonds is 7. The molecule has 0 aliphatic carbocycles. The van der Waals surface area contributed by atoms with Gasteiger partial charge in [0.25, 0.3) is 0 Å². The number of benzene rings is 11. The second-order valence-electron chi connectivity index (χ2n) is 17.3. The van der Waals surface area contributed by atoms with Gasteiger partial charge in [-0.3, -0.25) is 0 Å². The zero-order valence-electron chi connectivity index (χ0n) is 36.1. The highest BCUT2D eigenvalue weighted by atomic mass is 15.0. The highest BCUT2D eigenvalue weighted by molar-refractivity contribution is 6.12. The fourth-order valence-corrected chi connectivity index (χ4v) is 10.2. The van der Waals surface area contributed by atoms with Gasteiger partial charge in [-0.1, -0.05) is 194 Å². The van der Waals surface area contributed by atoms with E-state index in [1.807, 2.05) is 0 Å². The zero-order chi connectivity index (χ0) is 43.6. The van der Waals surface area contributed by atoms with Gasteiger partial charge >= 0.3 is 0 Å². The van der Waals surface area contributed by atoms with Gasteiger partial charge in [0.05, 0.1) is 22.1 Å². The first-order chi connectivity index (χ1) is 32.7. The normalized spacial score (nSPS) is 11.6. The summed E-state index contributed by atoms with van der Waals surface area (Å²) in [6, 6.07) is 93.0. The Hall–Kier alpha value is -8.72. The van der Waals surface area contributed by atoms with Gasteiger partial charge < -0.3 is 9.13 Å². The lowest BCUT2D eigenvalue weighted by atomic mass is 9.96. The summed E-state index contributed by atoms with van der Waals surface area (Å²) in [6.07, 6.45) is 0. The summed E-state index contributed by atoms with van der Waals surface area (Å²) in [5.41, 5.74) is 19.3. The average Bonchev–Trinajstić information content (AvgIpc) is 3.91. The van der Waals surface area contributed by atoms with E-state index in [4.69, 9.17) is 0 Å². The quantitative estimate of drug-likeness (QED) is 0.151. The average molecular weight is 839 g/mol. The lowest BCUT2D eigenvalue weighted by Gasteiger charge is -2.10. The van der Waals surface area contributed by atoms with Gasteiger partial charge in [-0.2, -0.15) is 0 Å². The first-order valence-electron chi connectivity index (χ1n) is 22.7. The van der Waals surface area contributed by atoms with Gasteiger partial charge in [-0.25, -0.2) is 0 Å². The van der Waals surface area contributed by atoms with Gasteiger partial charge in [0, 0.05) is 32.9 Å². The molecule has 2 nitrogen and oxygen atoms in total. The minimum atomic E-state index is 1.18. The van der Waals surface area contributed by atoms with Crippen molar-refractivity contribution in [3.05, 3.63) is 255 Å². The second kappa shape index (κ2) is 15.5. The van der Waals surface area contributed by atoms with E-state index >= 15 is 0 Å². The van der Waals surface area contributed by atoms with Crippen molar-refractivity contribution in [2.75, 3.05) is 0 Å². The molecule has 0 saturated carbocycles. The molecule has 0 atom stereocenters.